The van der Waals surface area contributed by atoms with Gasteiger partial charge in [-0.1, -0.05) is 38.5 Å². The number of carbonyl (C=O) groups is 1. The van der Waals surface area contributed by atoms with E-state index in [-0.39, 0.29) is 11.8 Å². The Bertz CT molecular complexity index is 916. The molecule has 3 aliphatic rings. The Morgan fingerprint density at radius 1 is 0.969 bits per heavy atom. The van der Waals surface area contributed by atoms with Crippen LogP contribution >= 0.6 is 0 Å². The van der Waals surface area contributed by atoms with Crippen molar-refractivity contribution in [2.24, 2.45) is 11.8 Å². The van der Waals surface area contributed by atoms with Crippen LogP contribution in [0, 0.1) is 11.8 Å². The minimum atomic E-state index is -1.28. The van der Waals surface area contributed by atoms with Crippen LogP contribution in [-0.2, 0) is 15.1 Å². The lowest BCUT2D eigenvalue weighted by atomic mass is 9.63. The largest absolute Gasteiger partial charge is 0.477 e. The molecule has 2 aromatic rings. The van der Waals surface area contributed by atoms with E-state index in [1.807, 2.05) is 30.3 Å². The summed E-state index contributed by atoms with van der Waals surface area (Å²) < 4.78 is 18.5. The Hall–Kier alpha value is -2.60. The van der Waals surface area contributed by atoms with Crippen LogP contribution in [0.2, 0.25) is 0 Å². The summed E-state index contributed by atoms with van der Waals surface area (Å²) in [5.74, 6) is 1.44. The first kappa shape index (κ1) is 21.3. The number of aromatic nitrogens is 1. The van der Waals surface area contributed by atoms with Crippen molar-refractivity contribution >= 4 is 5.97 Å². The number of ether oxygens (including phenoxy) is 3. The van der Waals surface area contributed by atoms with Crippen LogP contribution in [-0.4, -0.2) is 22.3 Å². The highest BCUT2D eigenvalue weighted by Gasteiger charge is 2.54. The van der Waals surface area contributed by atoms with Gasteiger partial charge in [-0.3, -0.25) is 4.98 Å². The molecule has 2 heterocycles. The molecular formula is C26H31NO5. The quantitative estimate of drug-likeness (QED) is 0.613. The smallest absolute Gasteiger partial charge is 0.373 e. The monoisotopic (exact) mass is 437 g/mol. The maximum atomic E-state index is 12.0. The molecule has 6 heteroatoms. The molecule has 1 N–H and O–H groups in total. The van der Waals surface area contributed by atoms with Crippen molar-refractivity contribution in [2.45, 2.75) is 76.1 Å². The van der Waals surface area contributed by atoms with E-state index in [9.17, 15) is 9.90 Å². The van der Waals surface area contributed by atoms with Crippen molar-refractivity contribution in [3.8, 4) is 17.2 Å². The Balaban J connectivity index is 1.61. The van der Waals surface area contributed by atoms with E-state index >= 15 is 0 Å². The Kier molecular flexibility index (Phi) is 6.05. The summed E-state index contributed by atoms with van der Waals surface area (Å²) >= 11 is 0. The first-order chi connectivity index (χ1) is 15.7. The predicted molar refractivity (Wildman–Crippen MR) is 119 cm³/mol. The Morgan fingerprint density at radius 2 is 1.66 bits per heavy atom. The van der Waals surface area contributed by atoms with Gasteiger partial charge in [-0.25, -0.2) is 4.79 Å². The van der Waals surface area contributed by atoms with E-state index in [1.165, 1.54) is 12.8 Å². The summed E-state index contributed by atoms with van der Waals surface area (Å²) in [4.78, 5) is 16.2. The fraction of sp³-hybridized carbons (Fsp3) is 0.538. The van der Waals surface area contributed by atoms with Gasteiger partial charge in [0.1, 0.15) is 22.8 Å². The number of benzene rings is 1. The molecule has 32 heavy (non-hydrogen) atoms. The molecule has 170 valence electrons. The topological polar surface area (TPSA) is 77.9 Å². The van der Waals surface area contributed by atoms with E-state index in [0.29, 0.717) is 17.2 Å². The van der Waals surface area contributed by atoms with Gasteiger partial charge in [0, 0.05) is 11.8 Å². The first-order valence-electron chi connectivity index (χ1n) is 12.0. The second kappa shape index (κ2) is 9.10. The van der Waals surface area contributed by atoms with Crippen molar-refractivity contribution in [3.05, 3.63) is 48.3 Å². The molecule has 0 spiro atoms. The predicted octanol–water partition coefficient (Wildman–Crippen LogP) is 6.05. The lowest BCUT2D eigenvalue weighted by Crippen LogP contribution is -2.54. The molecule has 0 radical (unpaired) electrons. The van der Waals surface area contributed by atoms with Crippen LogP contribution in [0.1, 0.15) is 69.8 Å². The van der Waals surface area contributed by atoms with Crippen LogP contribution in [0.25, 0.3) is 0 Å². The second-order valence-electron chi connectivity index (χ2n) is 9.32. The maximum Gasteiger partial charge on any atom is 0.373 e. The minimum absolute atomic E-state index is 0.275. The van der Waals surface area contributed by atoms with E-state index in [2.05, 4.69) is 4.98 Å². The van der Waals surface area contributed by atoms with Gasteiger partial charge in [0.05, 0.1) is 6.20 Å². The van der Waals surface area contributed by atoms with Crippen molar-refractivity contribution < 1.29 is 24.1 Å². The zero-order valence-electron chi connectivity index (χ0n) is 18.4. The van der Waals surface area contributed by atoms with E-state index in [1.54, 1.807) is 12.4 Å². The summed E-state index contributed by atoms with van der Waals surface area (Å²) in [6.45, 7) is 0. The van der Waals surface area contributed by atoms with Gasteiger partial charge < -0.3 is 19.3 Å². The average molecular weight is 438 g/mol. The van der Waals surface area contributed by atoms with Gasteiger partial charge in [-0.05, 0) is 67.9 Å². The van der Waals surface area contributed by atoms with Crippen molar-refractivity contribution in [1.29, 1.82) is 0 Å². The Labute approximate surface area is 188 Å². The number of pyridine rings is 1. The normalized spacial score (nSPS) is 23.7. The molecule has 1 aliphatic heterocycles. The number of rotatable bonds is 5. The molecule has 1 atom stereocenters. The van der Waals surface area contributed by atoms with Gasteiger partial charge in [-0.15, -0.1) is 0 Å². The van der Waals surface area contributed by atoms with E-state index < -0.39 is 17.9 Å². The number of carboxylic acids is 1. The molecule has 1 aromatic carbocycles. The number of hydrogen-bond donors (Lipinski definition) is 1. The number of hydrogen-bond acceptors (Lipinski definition) is 5. The zero-order valence-corrected chi connectivity index (χ0v) is 18.4. The number of aliphatic carboxylic acids is 1. The molecule has 2 fully saturated rings. The molecule has 1 aromatic heterocycles. The standard InChI is InChI=1S/C26H31NO5/c28-24(29)25-31-23-14-13-20(30-21-12-7-15-27-17-21)16-22(23)26(32-25,18-8-3-1-4-9-18)19-10-5-2-6-11-19/h7,12-19,25H,1-6,8-11H2,(H,28,29). The van der Waals surface area contributed by atoms with Crippen LogP contribution in [0.4, 0.5) is 0 Å². The van der Waals surface area contributed by atoms with Crippen molar-refractivity contribution in [2.75, 3.05) is 0 Å². The molecule has 0 amide bonds. The van der Waals surface area contributed by atoms with Crippen molar-refractivity contribution in [1.82, 2.24) is 4.98 Å². The van der Waals surface area contributed by atoms with Gasteiger partial charge in [0.15, 0.2) is 0 Å². The van der Waals surface area contributed by atoms with Gasteiger partial charge in [-0.2, -0.15) is 0 Å². The Morgan fingerprint density at radius 3 is 2.25 bits per heavy atom. The summed E-state index contributed by atoms with van der Waals surface area (Å²) in [6.07, 6.45) is 13.4. The average Bonchev–Trinajstić information content (AvgIpc) is 2.85. The number of carboxylic acid groups (broad SMARTS) is 1. The van der Waals surface area contributed by atoms with E-state index in [0.717, 1.165) is 56.9 Å². The van der Waals surface area contributed by atoms with Crippen LogP contribution in [0.5, 0.6) is 17.2 Å². The molecule has 2 aliphatic carbocycles. The van der Waals surface area contributed by atoms with Gasteiger partial charge in [0.25, 0.3) is 6.29 Å². The maximum absolute atomic E-state index is 12.0. The molecule has 0 saturated heterocycles. The zero-order chi connectivity index (χ0) is 22.0. The summed E-state index contributed by atoms with van der Waals surface area (Å²) in [7, 11) is 0. The number of fused-ring (bicyclic) bond motifs is 1. The fourth-order valence-corrected chi connectivity index (χ4v) is 6.03. The molecule has 5 rings (SSSR count). The summed E-state index contributed by atoms with van der Waals surface area (Å²) in [5.41, 5.74) is 0.293. The molecular weight excluding hydrogens is 406 g/mol. The number of nitrogens with zero attached hydrogens (tertiary/aromatic N) is 1. The van der Waals surface area contributed by atoms with Crippen LogP contribution < -0.4 is 9.47 Å². The van der Waals surface area contributed by atoms with Crippen LogP contribution in [0.15, 0.2) is 42.7 Å². The molecule has 1 unspecified atom stereocenters. The lowest BCUT2D eigenvalue weighted by Gasteiger charge is -2.52. The first-order valence-corrected chi connectivity index (χ1v) is 12.0. The van der Waals surface area contributed by atoms with Crippen LogP contribution in [0.3, 0.4) is 0 Å². The fourth-order valence-electron chi connectivity index (χ4n) is 6.03. The highest BCUT2D eigenvalue weighted by molar-refractivity contribution is 5.72. The SMILES string of the molecule is O=C(O)C1Oc2ccc(Oc3cccnc3)cc2C(C2CCCCC2)(C2CCCCC2)O1. The van der Waals surface area contributed by atoms with Crippen molar-refractivity contribution in [3.63, 3.8) is 0 Å². The second-order valence-corrected chi connectivity index (χ2v) is 9.32. The highest BCUT2D eigenvalue weighted by Crippen LogP contribution is 2.56. The van der Waals surface area contributed by atoms with E-state index in [4.69, 9.17) is 14.2 Å². The molecule has 0 bridgehead atoms. The third-order valence-electron chi connectivity index (χ3n) is 7.40. The summed E-state index contributed by atoms with van der Waals surface area (Å²) in [6, 6.07) is 9.41. The van der Waals surface area contributed by atoms with Gasteiger partial charge in [0.2, 0.25) is 0 Å². The lowest BCUT2D eigenvalue weighted by molar-refractivity contribution is -0.252. The summed E-state index contributed by atoms with van der Waals surface area (Å²) in [5, 5.41) is 9.86. The minimum Gasteiger partial charge on any atom is -0.477 e. The molecule has 2 saturated carbocycles. The highest BCUT2D eigenvalue weighted by atomic mass is 16.7. The third-order valence-corrected chi connectivity index (χ3v) is 7.40. The van der Waals surface area contributed by atoms with Gasteiger partial charge >= 0.3 is 5.97 Å². The third kappa shape index (κ3) is 3.96. The molecule has 6 nitrogen and oxygen atoms in total.